The van der Waals surface area contributed by atoms with Crippen LogP contribution >= 0.6 is 11.3 Å². The first kappa shape index (κ1) is 15.1. The largest absolute Gasteiger partial charge is 0.473 e. The van der Waals surface area contributed by atoms with E-state index in [4.69, 9.17) is 9.47 Å². The van der Waals surface area contributed by atoms with Gasteiger partial charge in [0.15, 0.2) is 0 Å². The molecule has 6 heteroatoms. The summed E-state index contributed by atoms with van der Waals surface area (Å²) < 4.78 is 12.1. The number of nitrogens with zero attached hydrogens (tertiary/aromatic N) is 3. The highest BCUT2D eigenvalue weighted by Gasteiger charge is 2.48. The molecule has 1 spiro atoms. The fraction of sp³-hybridized carbons (Fsp3) is 0.529. The third-order valence-corrected chi connectivity index (χ3v) is 5.21. The van der Waals surface area contributed by atoms with E-state index in [2.05, 4.69) is 31.7 Å². The van der Waals surface area contributed by atoms with Gasteiger partial charge >= 0.3 is 0 Å². The molecule has 0 radical (unpaired) electrons. The lowest BCUT2D eigenvalue weighted by Crippen LogP contribution is -2.65. The van der Waals surface area contributed by atoms with Crippen molar-refractivity contribution in [2.24, 2.45) is 0 Å². The molecule has 122 valence electrons. The Bertz CT molecular complexity index is 656. The zero-order valence-electron chi connectivity index (χ0n) is 13.3. The van der Waals surface area contributed by atoms with Crippen molar-refractivity contribution in [3.63, 3.8) is 0 Å². The minimum atomic E-state index is -0.0316. The summed E-state index contributed by atoms with van der Waals surface area (Å²) in [5, 5.41) is 4.35. The molecule has 2 saturated heterocycles. The number of thiophene rings is 1. The van der Waals surface area contributed by atoms with Gasteiger partial charge < -0.3 is 9.47 Å². The van der Waals surface area contributed by atoms with Crippen molar-refractivity contribution in [3.05, 3.63) is 40.5 Å². The Morgan fingerprint density at radius 1 is 1.43 bits per heavy atom. The Labute approximate surface area is 140 Å². The van der Waals surface area contributed by atoms with Gasteiger partial charge in [-0.1, -0.05) is 0 Å². The number of aryl methyl sites for hydroxylation is 1. The average Bonchev–Trinajstić information content (AvgIpc) is 2.99. The number of rotatable bonds is 4. The van der Waals surface area contributed by atoms with Crippen LogP contribution in [0.3, 0.4) is 0 Å². The van der Waals surface area contributed by atoms with Gasteiger partial charge in [0, 0.05) is 38.7 Å². The van der Waals surface area contributed by atoms with Gasteiger partial charge in [-0.15, -0.1) is 0 Å². The molecule has 4 rings (SSSR count). The van der Waals surface area contributed by atoms with Crippen LogP contribution in [0.15, 0.2) is 29.2 Å². The Hall–Kier alpha value is -1.50. The number of ether oxygens (including phenoxy) is 2. The summed E-state index contributed by atoms with van der Waals surface area (Å²) in [5.41, 5.74) is 2.24. The highest BCUT2D eigenvalue weighted by molar-refractivity contribution is 7.07. The molecule has 0 amide bonds. The Balaban J connectivity index is 1.33. The van der Waals surface area contributed by atoms with E-state index in [1.807, 2.05) is 6.92 Å². The van der Waals surface area contributed by atoms with Gasteiger partial charge in [0.05, 0.1) is 24.1 Å². The zero-order chi connectivity index (χ0) is 15.7. The van der Waals surface area contributed by atoms with Crippen molar-refractivity contribution in [3.8, 4) is 5.88 Å². The molecular formula is C17H21N3O2S. The highest BCUT2D eigenvalue weighted by atomic mass is 32.1. The maximum Gasteiger partial charge on any atom is 0.232 e. The number of hydrogen-bond acceptors (Lipinski definition) is 6. The standard InChI is InChI=1S/C17H21N3O2S/c1-13-7-18-8-16(19-13)22-15-2-4-21-17(6-15)11-20(12-17)9-14-3-5-23-10-14/h3,5,7-8,10,15H,2,4,6,9,11-12H2,1H3/t15-/m0/s1. The van der Waals surface area contributed by atoms with Crippen LogP contribution < -0.4 is 4.74 Å². The number of likely N-dealkylation sites (tertiary alicyclic amines) is 1. The second kappa shape index (κ2) is 6.19. The molecule has 2 fully saturated rings. The van der Waals surface area contributed by atoms with Gasteiger partial charge in [-0.3, -0.25) is 9.88 Å². The fourth-order valence-corrected chi connectivity index (χ4v) is 4.15. The second-order valence-corrected chi connectivity index (χ2v) is 7.32. The van der Waals surface area contributed by atoms with E-state index in [1.54, 1.807) is 23.7 Å². The highest BCUT2D eigenvalue weighted by Crippen LogP contribution is 2.36. The molecule has 2 aliphatic heterocycles. The van der Waals surface area contributed by atoms with Crippen LogP contribution in [-0.2, 0) is 11.3 Å². The van der Waals surface area contributed by atoms with E-state index in [9.17, 15) is 0 Å². The quantitative estimate of drug-likeness (QED) is 0.862. The molecule has 2 aromatic rings. The zero-order valence-corrected chi connectivity index (χ0v) is 14.1. The molecular weight excluding hydrogens is 310 g/mol. The van der Waals surface area contributed by atoms with Gasteiger partial charge in [0.1, 0.15) is 6.10 Å². The SMILES string of the molecule is Cc1cncc(O[C@H]2CCOC3(C2)CN(Cc2ccsc2)C3)n1. The molecule has 0 aliphatic carbocycles. The molecule has 4 heterocycles. The Kier molecular flexibility index (Phi) is 4.05. The monoisotopic (exact) mass is 331 g/mol. The summed E-state index contributed by atoms with van der Waals surface area (Å²) >= 11 is 1.76. The van der Waals surface area contributed by atoms with Crippen LogP contribution in [-0.4, -0.2) is 46.3 Å². The van der Waals surface area contributed by atoms with Gasteiger partial charge in [-0.05, 0) is 29.3 Å². The predicted molar refractivity (Wildman–Crippen MR) is 88.7 cm³/mol. The van der Waals surface area contributed by atoms with Gasteiger partial charge in [0.2, 0.25) is 5.88 Å². The third kappa shape index (κ3) is 3.39. The molecule has 2 aromatic heterocycles. The molecule has 2 aliphatic rings. The lowest BCUT2D eigenvalue weighted by molar-refractivity contribution is -0.188. The van der Waals surface area contributed by atoms with Gasteiger partial charge in [0.25, 0.3) is 0 Å². The number of hydrogen-bond donors (Lipinski definition) is 0. The molecule has 0 saturated carbocycles. The fourth-order valence-electron chi connectivity index (χ4n) is 3.49. The molecule has 5 nitrogen and oxygen atoms in total. The van der Waals surface area contributed by atoms with Crippen LogP contribution in [0.1, 0.15) is 24.1 Å². The van der Waals surface area contributed by atoms with E-state index in [1.165, 1.54) is 5.56 Å². The topological polar surface area (TPSA) is 47.5 Å². The van der Waals surface area contributed by atoms with Gasteiger partial charge in [-0.25, -0.2) is 4.98 Å². The summed E-state index contributed by atoms with van der Waals surface area (Å²) in [6, 6.07) is 2.19. The van der Waals surface area contributed by atoms with Crippen molar-refractivity contribution in [1.82, 2.24) is 14.9 Å². The Morgan fingerprint density at radius 3 is 3.13 bits per heavy atom. The van der Waals surface area contributed by atoms with Crippen LogP contribution in [0, 0.1) is 6.92 Å². The number of aromatic nitrogens is 2. The smallest absolute Gasteiger partial charge is 0.232 e. The van der Waals surface area contributed by atoms with E-state index in [0.717, 1.165) is 44.8 Å². The summed E-state index contributed by atoms with van der Waals surface area (Å²) in [6.07, 6.45) is 5.46. The summed E-state index contributed by atoms with van der Waals surface area (Å²) in [7, 11) is 0. The van der Waals surface area contributed by atoms with Crippen molar-refractivity contribution >= 4 is 11.3 Å². The molecule has 0 bridgehead atoms. The summed E-state index contributed by atoms with van der Waals surface area (Å²) in [4.78, 5) is 11.0. The van der Waals surface area contributed by atoms with Crippen molar-refractivity contribution in [2.75, 3.05) is 19.7 Å². The average molecular weight is 331 g/mol. The Morgan fingerprint density at radius 2 is 2.35 bits per heavy atom. The third-order valence-electron chi connectivity index (χ3n) is 4.48. The van der Waals surface area contributed by atoms with E-state index in [0.29, 0.717) is 5.88 Å². The minimum absolute atomic E-state index is 0.0316. The van der Waals surface area contributed by atoms with E-state index >= 15 is 0 Å². The maximum atomic E-state index is 6.09. The molecule has 1 atom stereocenters. The minimum Gasteiger partial charge on any atom is -0.473 e. The molecule has 0 unspecified atom stereocenters. The predicted octanol–water partition coefficient (Wildman–Crippen LogP) is 2.66. The first-order valence-corrected chi connectivity index (χ1v) is 8.98. The van der Waals surface area contributed by atoms with Gasteiger partial charge in [-0.2, -0.15) is 11.3 Å². The van der Waals surface area contributed by atoms with E-state index < -0.39 is 0 Å². The van der Waals surface area contributed by atoms with Crippen LogP contribution in [0.25, 0.3) is 0 Å². The lowest BCUT2D eigenvalue weighted by Gasteiger charge is -2.53. The first-order valence-electron chi connectivity index (χ1n) is 8.04. The van der Waals surface area contributed by atoms with Crippen molar-refractivity contribution in [1.29, 1.82) is 0 Å². The van der Waals surface area contributed by atoms with E-state index in [-0.39, 0.29) is 11.7 Å². The lowest BCUT2D eigenvalue weighted by atomic mass is 9.84. The maximum absolute atomic E-state index is 6.09. The second-order valence-electron chi connectivity index (χ2n) is 6.54. The van der Waals surface area contributed by atoms with Crippen molar-refractivity contribution < 1.29 is 9.47 Å². The van der Waals surface area contributed by atoms with Crippen LogP contribution in [0.2, 0.25) is 0 Å². The molecule has 0 aromatic carbocycles. The molecule has 0 N–H and O–H groups in total. The normalized spacial score (nSPS) is 23.6. The molecule has 23 heavy (non-hydrogen) atoms. The van der Waals surface area contributed by atoms with Crippen LogP contribution in [0.4, 0.5) is 0 Å². The van der Waals surface area contributed by atoms with Crippen molar-refractivity contribution in [2.45, 2.75) is 38.0 Å². The summed E-state index contributed by atoms with van der Waals surface area (Å²) in [5.74, 6) is 0.626. The summed E-state index contributed by atoms with van der Waals surface area (Å²) in [6.45, 7) is 5.68. The van der Waals surface area contributed by atoms with Crippen LogP contribution in [0.5, 0.6) is 5.88 Å². The first-order chi connectivity index (χ1) is 11.2.